The van der Waals surface area contributed by atoms with Crippen LogP contribution in [0, 0.1) is 28.6 Å². The van der Waals surface area contributed by atoms with E-state index < -0.39 is 0 Å². The van der Waals surface area contributed by atoms with E-state index in [1.165, 1.54) is 44.9 Å². The largest absolute Gasteiger partial charge is 0.453 e. The summed E-state index contributed by atoms with van der Waals surface area (Å²) in [5.74, 6) is 2.24. The Morgan fingerprint density at radius 1 is 1.17 bits per heavy atom. The first kappa shape index (κ1) is 19.0. The average Bonchev–Trinajstić information content (AvgIpc) is 3.35. The van der Waals surface area contributed by atoms with Gasteiger partial charge in [0.25, 0.3) is 0 Å². The van der Waals surface area contributed by atoms with Crippen LogP contribution in [0.4, 0.5) is 4.79 Å². The van der Waals surface area contributed by atoms with Crippen LogP contribution in [0.1, 0.15) is 58.8 Å². The summed E-state index contributed by atoms with van der Waals surface area (Å²) in [6, 6.07) is 0.216. The maximum absolute atomic E-state index is 11.7. The van der Waals surface area contributed by atoms with Crippen LogP contribution in [-0.4, -0.2) is 28.8 Å². The first-order valence-electron chi connectivity index (χ1n) is 11.2. The molecule has 2 fully saturated rings. The van der Waals surface area contributed by atoms with Gasteiger partial charge in [-0.2, -0.15) is 0 Å². The van der Waals surface area contributed by atoms with Crippen molar-refractivity contribution in [1.29, 1.82) is 0 Å². The van der Waals surface area contributed by atoms with Crippen molar-refractivity contribution in [2.75, 3.05) is 7.11 Å². The summed E-state index contributed by atoms with van der Waals surface area (Å²) in [7, 11) is 1.44. The third-order valence-corrected chi connectivity index (χ3v) is 8.93. The highest BCUT2D eigenvalue weighted by atomic mass is 16.5. The number of allylic oxidation sites excluding steroid dienone is 3. The Morgan fingerprint density at radius 3 is 2.76 bits per heavy atom. The molecule has 0 radical (unpaired) electrons. The highest BCUT2D eigenvalue weighted by molar-refractivity contribution is 5.67. The Kier molecular flexibility index (Phi) is 4.41. The van der Waals surface area contributed by atoms with Gasteiger partial charge in [-0.05, 0) is 68.1 Å². The highest BCUT2D eigenvalue weighted by Crippen LogP contribution is 2.65. The zero-order valence-corrected chi connectivity index (χ0v) is 17.9. The number of aromatic nitrogens is 2. The van der Waals surface area contributed by atoms with E-state index in [1.807, 2.05) is 12.5 Å². The van der Waals surface area contributed by atoms with Crippen molar-refractivity contribution in [2.45, 2.75) is 64.8 Å². The molecule has 5 heteroatoms. The molecule has 29 heavy (non-hydrogen) atoms. The minimum atomic E-state index is -0.301. The normalized spacial score (nSPS) is 40.8. The van der Waals surface area contributed by atoms with Gasteiger partial charge in [-0.1, -0.05) is 31.6 Å². The maximum Gasteiger partial charge on any atom is 0.407 e. The first-order valence-corrected chi connectivity index (χ1v) is 11.2. The second kappa shape index (κ2) is 6.75. The lowest BCUT2D eigenvalue weighted by atomic mass is 9.47. The summed E-state index contributed by atoms with van der Waals surface area (Å²) in [6.07, 6.45) is 18.8. The van der Waals surface area contributed by atoms with Crippen molar-refractivity contribution in [3.05, 3.63) is 36.4 Å². The number of nitrogens with zero attached hydrogens (tertiary/aromatic N) is 2. The lowest BCUT2D eigenvalue weighted by Gasteiger charge is -2.57. The van der Waals surface area contributed by atoms with Crippen molar-refractivity contribution in [1.82, 2.24) is 14.9 Å². The number of methoxy groups -OCH3 is 1. The molecule has 1 N–H and O–H groups in total. The number of ether oxygens (including phenoxy) is 1. The second-order valence-electron chi connectivity index (χ2n) is 10.1. The lowest BCUT2D eigenvalue weighted by Crippen LogP contribution is -2.51. The van der Waals surface area contributed by atoms with Crippen LogP contribution in [0.25, 0.3) is 5.70 Å². The zero-order valence-electron chi connectivity index (χ0n) is 17.9. The number of carbonyl (C=O) groups excluding carboxylic acids is 1. The molecule has 1 heterocycles. The molecular formula is C24H33N3O2. The van der Waals surface area contributed by atoms with Crippen LogP contribution < -0.4 is 5.32 Å². The molecule has 0 spiro atoms. The van der Waals surface area contributed by atoms with Gasteiger partial charge in [-0.3, -0.25) is 0 Å². The summed E-state index contributed by atoms with van der Waals surface area (Å²) in [5, 5.41) is 3.04. The SMILES string of the molecule is COC(=O)NC1CCC2(C)C(=CCC3C2CCC2(C)C(n4ccnc4)=CCC32)C1. The van der Waals surface area contributed by atoms with Gasteiger partial charge in [-0.15, -0.1) is 0 Å². The third-order valence-electron chi connectivity index (χ3n) is 8.93. The van der Waals surface area contributed by atoms with Gasteiger partial charge in [0.15, 0.2) is 0 Å². The Hall–Kier alpha value is -2.04. The average molecular weight is 396 g/mol. The number of carbonyl (C=O) groups is 1. The monoisotopic (exact) mass is 395 g/mol. The van der Waals surface area contributed by atoms with Crippen molar-refractivity contribution in [3.8, 4) is 0 Å². The van der Waals surface area contributed by atoms with Crippen molar-refractivity contribution in [2.24, 2.45) is 28.6 Å². The van der Waals surface area contributed by atoms with Crippen LogP contribution in [0.3, 0.4) is 0 Å². The number of hydrogen-bond donors (Lipinski definition) is 1. The Labute approximate surface area is 173 Å². The molecule has 0 aromatic carbocycles. The van der Waals surface area contributed by atoms with Gasteiger partial charge in [-0.25, -0.2) is 9.78 Å². The molecular weight excluding hydrogens is 362 g/mol. The van der Waals surface area contributed by atoms with Crippen LogP contribution in [-0.2, 0) is 4.74 Å². The van der Waals surface area contributed by atoms with E-state index in [-0.39, 0.29) is 23.0 Å². The van der Waals surface area contributed by atoms with Crippen molar-refractivity contribution >= 4 is 11.8 Å². The molecule has 2 saturated carbocycles. The molecule has 4 aliphatic carbocycles. The van der Waals surface area contributed by atoms with Gasteiger partial charge in [0.2, 0.25) is 0 Å². The van der Waals surface area contributed by atoms with Crippen LogP contribution in [0.5, 0.6) is 0 Å². The first-order chi connectivity index (χ1) is 14.0. The van der Waals surface area contributed by atoms with E-state index in [1.54, 1.807) is 5.57 Å². The molecule has 6 unspecified atom stereocenters. The molecule has 156 valence electrons. The molecule has 5 nitrogen and oxygen atoms in total. The maximum atomic E-state index is 11.7. The van der Waals surface area contributed by atoms with E-state index in [4.69, 9.17) is 4.74 Å². The summed E-state index contributed by atoms with van der Waals surface area (Å²) in [5.41, 5.74) is 3.59. The fraction of sp³-hybridized carbons (Fsp3) is 0.667. The van der Waals surface area contributed by atoms with Crippen LogP contribution in [0.2, 0.25) is 0 Å². The van der Waals surface area contributed by atoms with E-state index in [9.17, 15) is 4.79 Å². The molecule has 1 aromatic rings. The molecule has 1 amide bonds. The molecule has 1 aromatic heterocycles. The molecule has 0 aliphatic heterocycles. The highest BCUT2D eigenvalue weighted by Gasteiger charge is 2.57. The summed E-state index contributed by atoms with van der Waals surface area (Å²) in [6.45, 7) is 5.00. The third kappa shape index (κ3) is 2.80. The Balaban J connectivity index is 1.38. The minimum absolute atomic E-state index is 0.216. The second-order valence-corrected chi connectivity index (χ2v) is 10.1. The molecule has 5 rings (SSSR count). The smallest absolute Gasteiger partial charge is 0.407 e. The van der Waals surface area contributed by atoms with Crippen molar-refractivity contribution < 1.29 is 9.53 Å². The molecule has 4 aliphatic rings. The fourth-order valence-electron chi connectivity index (χ4n) is 7.36. The van der Waals surface area contributed by atoms with Gasteiger partial charge in [0.1, 0.15) is 0 Å². The van der Waals surface area contributed by atoms with E-state index in [0.717, 1.165) is 30.6 Å². The van der Waals surface area contributed by atoms with Gasteiger partial charge < -0.3 is 14.6 Å². The van der Waals surface area contributed by atoms with Crippen LogP contribution >= 0.6 is 0 Å². The minimum Gasteiger partial charge on any atom is -0.453 e. The zero-order chi connectivity index (χ0) is 20.2. The Morgan fingerprint density at radius 2 is 2.00 bits per heavy atom. The van der Waals surface area contributed by atoms with Gasteiger partial charge in [0, 0.05) is 29.5 Å². The number of imidazole rings is 1. The number of amides is 1. The van der Waals surface area contributed by atoms with Crippen LogP contribution in [0.15, 0.2) is 36.4 Å². The molecule has 0 bridgehead atoms. The number of rotatable bonds is 2. The summed E-state index contributed by atoms with van der Waals surface area (Å²) in [4.78, 5) is 16.0. The summed E-state index contributed by atoms with van der Waals surface area (Å²) < 4.78 is 7.06. The quantitative estimate of drug-likeness (QED) is 0.715. The van der Waals surface area contributed by atoms with E-state index in [2.05, 4.69) is 47.1 Å². The predicted molar refractivity (Wildman–Crippen MR) is 113 cm³/mol. The number of hydrogen-bond acceptors (Lipinski definition) is 3. The van der Waals surface area contributed by atoms with E-state index >= 15 is 0 Å². The summed E-state index contributed by atoms with van der Waals surface area (Å²) >= 11 is 0. The number of nitrogens with one attached hydrogen (secondary N) is 1. The molecule has 6 atom stereocenters. The molecule has 0 saturated heterocycles. The number of alkyl carbamates (subject to hydrolysis) is 1. The van der Waals surface area contributed by atoms with Crippen molar-refractivity contribution in [3.63, 3.8) is 0 Å². The van der Waals surface area contributed by atoms with E-state index in [0.29, 0.717) is 0 Å². The predicted octanol–water partition coefficient (Wildman–Crippen LogP) is 5.02. The fourth-order valence-corrected chi connectivity index (χ4v) is 7.36. The van der Waals surface area contributed by atoms with Gasteiger partial charge in [0.05, 0.1) is 13.4 Å². The topological polar surface area (TPSA) is 56.1 Å². The standard InChI is InChI=1S/C24H33N3O2/c1-23-10-8-17(26-22(28)29-3)14-16(23)4-5-18-19-6-7-21(27-13-12-25-15-27)24(19,2)11-9-20(18)23/h4,7,12-13,15,17-20H,5-6,8-11,14H2,1-3H3,(H,26,28). The number of fused-ring (bicyclic) bond motifs is 5. The lowest BCUT2D eigenvalue weighted by molar-refractivity contribution is -0.0137. The van der Waals surface area contributed by atoms with Gasteiger partial charge >= 0.3 is 6.09 Å². The Bertz CT molecular complexity index is 857.